The molecule has 3 heterocycles. The average molecular weight is 315 g/mol. The van der Waals surface area contributed by atoms with E-state index in [4.69, 9.17) is 4.42 Å². The van der Waals surface area contributed by atoms with Gasteiger partial charge in [-0.3, -0.25) is 0 Å². The first-order valence-electron chi connectivity index (χ1n) is 6.06. The fourth-order valence-electron chi connectivity index (χ4n) is 1.94. The third-order valence-corrected chi connectivity index (χ3v) is 5.58. The largest absolute Gasteiger partial charge is 0.406 e. The lowest BCUT2D eigenvalue weighted by atomic mass is 10.2. The van der Waals surface area contributed by atoms with Crippen molar-refractivity contribution in [3.8, 4) is 0 Å². The van der Waals surface area contributed by atoms with Gasteiger partial charge in [-0.1, -0.05) is 5.10 Å². The number of sulfonamides is 1. The molecule has 0 aliphatic carbocycles. The van der Waals surface area contributed by atoms with Crippen molar-refractivity contribution in [3.63, 3.8) is 0 Å². The first kappa shape index (κ1) is 13.5. The van der Waals surface area contributed by atoms with Crippen LogP contribution in [0.5, 0.6) is 0 Å². The zero-order valence-corrected chi connectivity index (χ0v) is 12.3. The van der Waals surface area contributed by atoms with Crippen LogP contribution in [0.15, 0.2) is 14.8 Å². The summed E-state index contributed by atoms with van der Waals surface area (Å²) in [6.07, 6.45) is 3.24. The Morgan fingerprint density at radius 2 is 2.35 bits per heavy atom. The van der Waals surface area contributed by atoms with Crippen LogP contribution < -0.4 is 10.0 Å². The van der Waals surface area contributed by atoms with E-state index < -0.39 is 10.0 Å². The van der Waals surface area contributed by atoms with Gasteiger partial charge in [-0.05, 0) is 26.3 Å². The number of hydrogen-bond acceptors (Lipinski definition) is 8. The molecule has 108 valence electrons. The van der Waals surface area contributed by atoms with Gasteiger partial charge in [0.05, 0.1) is 17.2 Å². The summed E-state index contributed by atoms with van der Waals surface area (Å²) < 4.78 is 31.8. The number of aromatic nitrogens is 3. The minimum Gasteiger partial charge on any atom is -0.406 e. The van der Waals surface area contributed by atoms with Crippen molar-refractivity contribution in [2.24, 2.45) is 0 Å². The minimum absolute atomic E-state index is 0.00593. The number of aryl methyl sites for hydroxylation is 1. The quantitative estimate of drug-likeness (QED) is 0.868. The van der Waals surface area contributed by atoms with E-state index in [-0.39, 0.29) is 16.3 Å². The maximum absolute atomic E-state index is 12.1. The number of rotatable bonds is 4. The second-order valence-corrected chi connectivity index (χ2v) is 7.54. The lowest BCUT2D eigenvalue weighted by molar-refractivity contribution is 0.439. The number of hydrogen-bond donors (Lipinski definition) is 2. The third-order valence-electron chi connectivity index (χ3n) is 2.89. The van der Waals surface area contributed by atoms with Gasteiger partial charge in [-0.2, -0.15) is 0 Å². The Balaban J connectivity index is 1.77. The SMILES string of the molecule is Cc1ncc(S(=O)(=O)Nc2nnc(C3CCCN3)o2)s1. The van der Waals surface area contributed by atoms with Crippen molar-refractivity contribution in [1.82, 2.24) is 20.5 Å². The monoisotopic (exact) mass is 315 g/mol. The summed E-state index contributed by atoms with van der Waals surface area (Å²) in [5.41, 5.74) is 0. The number of thiazole rings is 1. The molecular formula is C10H13N5O3S2. The highest BCUT2D eigenvalue weighted by molar-refractivity contribution is 7.94. The van der Waals surface area contributed by atoms with Gasteiger partial charge in [0.25, 0.3) is 10.0 Å². The first-order valence-corrected chi connectivity index (χ1v) is 8.36. The lowest BCUT2D eigenvalue weighted by Crippen LogP contribution is -2.13. The lowest BCUT2D eigenvalue weighted by Gasteiger charge is -2.03. The van der Waals surface area contributed by atoms with Gasteiger partial charge < -0.3 is 9.73 Å². The Labute approximate surface area is 119 Å². The molecule has 2 aromatic rings. The van der Waals surface area contributed by atoms with E-state index in [1.54, 1.807) is 6.92 Å². The van der Waals surface area contributed by atoms with E-state index in [0.29, 0.717) is 10.9 Å². The predicted molar refractivity (Wildman–Crippen MR) is 71.9 cm³/mol. The summed E-state index contributed by atoms with van der Waals surface area (Å²) in [6, 6.07) is -0.119. The maximum Gasteiger partial charge on any atom is 0.329 e. The number of nitrogens with one attached hydrogen (secondary N) is 2. The molecule has 8 nitrogen and oxygen atoms in total. The Kier molecular flexibility index (Phi) is 3.44. The van der Waals surface area contributed by atoms with Crippen molar-refractivity contribution in [1.29, 1.82) is 0 Å². The zero-order chi connectivity index (χ0) is 14.2. The van der Waals surface area contributed by atoms with Crippen LogP contribution in [0.3, 0.4) is 0 Å². The molecule has 2 N–H and O–H groups in total. The normalized spacial score (nSPS) is 19.4. The molecule has 0 radical (unpaired) electrons. The number of nitrogens with zero attached hydrogens (tertiary/aromatic N) is 3. The van der Waals surface area contributed by atoms with Gasteiger partial charge in [0, 0.05) is 0 Å². The van der Waals surface area contributed by atoms with E-state index in [1.807, 2.05) is 0 Å². The molecular weight excluding hydrogens is 302 g/mol. The number of anilines is 1. The van der Waals surface area contributed by atoms with Crippen molar-refractivity contribution in [2.75, 3.05) is 11.3 Å². The van der Waals surface area contributed by atoms with Crippen molar-refractivity contribution in [2.45, 2.75) is 30.0 Å². The molecule has 1 atom stereocenters. The van der Waals surface area contributed by atoms with E-state index in [1.165, 1.54) is 6.20 Å². The molecule has 3 rings (SSSR count). The van der Waals surface area contributed by atoms with E-state index >= 15 is 0 Å². The Morgan fingerprint density at radius 1 is 1.50 bits per heavy atom. The summed E-state index contributed by atoms with van der Waals surface area (Å²) in [4.78, 5) is 3.92. The van der Waals surface area contributed by atoms with Crippen LogP contribution in [0.2, 0.25) is 0 Å². The van der Waals surface area contributed by atoms with Crippen LogP contribution >= 0.6 is 11.3 Å². The highest BCUT2D eigenvalue weighted by Crippen LogP contribution is 2.25. The van der Waals surface area contributed by atoms with Gasteiger partial charge in [-0.15, -0.1) is 16.4 Å². The summed E-state index contributed by atoms with van der Waals surface area (Å²) in [7, 11) is -3.71. The molecule has 1 aliphatic heterocycles. The summed E-state index contributed by atoms with van der Waals surface area (Å²) >= 11 is 1.08. The smallest absolute Gasteiger partial charge is 0.329 e. The predicted octanol–water partition coefficient (Wildman–Crippen LogP) is 1.06. The van der Waals surface area contributed by atoms with E-state index in [0.717, 1.165) is 30.7 Å². The molecule has 0 spiro atoms. The maximum atomic E-state index is 12.1. The molecule has 2 aromatic heterocycles. The zero-order valence-electron chi connectivity index (χ0n) is 10.7. The van der Waals surface area contributed by atoms with Crippen LogP contribution in [0.1, 0.15) is 29.8 Å². The second kappa shape index (κ2) is 5.11. The summed E-state index contributed by atoms with van der Waals surface area (Å²) in [5.74, 6) is 0.403. The Bertz CT molecular complexity index is 702. The highest BCUT2D eigenvalue weighted by atomic mass is 32.2. The van der Waals surface area contributed by atoms with Gasteiger partial charge >= 0.3 is 6.01 Å². The molecule has 10 heteroatoms. The Morgan fingerprint density at radius 3 is 3.00 bits per heavy atom. The van der Waals surface area contributed by atoms with Gasteiger partial charge in [0.2, 0.25) is 5.89 Å². The molecule has 1 unspecified atom stereocenters. The van der Waals surface area contributed by atoms with Gasteiger partial charge in [0.15, 0.2) is 4.21 Å². The molecule has 1 saturated heterocycles. The topological polar surface area (TPSA) is 110 Å². The van der Waals surface area contributed by atoms with Crippen LogP contribution in [-0.4, -0.2) is 30.1 Å². The summed E-state index contributed by atoms with van der Waals surface area (Å²) in [5, 5.41) is 11.5. The molecule has 1 aliphatic rings. The van der Waals surface area contributed by atoms with Crippen molar-refractivity contribution in [3.05, 3.63) is 17.1 Å². The van der Waals surface area contributed by atoms with Crippen molar-refractivity contribution >= 4 is 27.4 Å². The highest BCUT2D eigenvalue weighted by Gasteiger charge is 2.24. The molecule has 0 saturated carbocycles. The summed E-state index contributed by atoms with van der Waals surface area (Å²) in [6.45, 7) is 2.63. The molecule has 0 aromatic carbocycles. The fraction of sp³-hybridized carbons (Fsp3) is 0.500. The fourth-order valence-corrected chi connectivity index (χ4v) is 3.98. The molecule has 20 heavy (non-hydrogen) atoms. The van der Waals surface area contributed by atoms with Gasteiger partial charge in [0.1, 0.15) is 0 Å². The average Bonchev–Trinajstić information content (AvgIpc) is 3.06. The van der Waals surface area contributed by atoms with E-state index in [9.17, 15) is 8.42 Å². The standard InChI is InChI=1S/C10H13N5O3S2/c1-6-12-5-8(19-6)20(16,17)15-10-14-13-9(18-10)7-3-2-4-11-7/h5,7,11H,2-4H2,1H3,(H,14,15). The Hall–Kier alpha value is -1.52. The third kappa shape index (κ3) is 2.67. The van der Waals surface area contributed by atoms with Crippen LogP contribution in [0.25, 0.3) is 0 Å². The van der Waals surface area contributed by atoms with Crippen LogP contribution in [0, 0.1) is 6.92 Å². The van der Waals surface area contributed by atoms with Crippen LogP contribution in [0.4, 0.5) is 6.01 Å². The first-order chi connectivity index (χ1) is 9.54. The minimum atomic E-state index is -3.71. The van der Waals surface area contributed by atoms with Gasteiger partial charge in [-0.25, -0.2) is 18.1 Å². The molecule has 0 amide bonds. The second-order valence-electron chi connectivity index (χ2n) is 4.40. The molecule has 0 bridgehead atoms. The van der Waals surface area contributed by atoms with E-state index in [2.05, 4.69) is 25.2 Å². The molecule has 1 fully saturated rings. The van der Waals surface area contributed by atoms with Crippen LogP contribution in [-0.2, 0) is 10.0 Å². The van der Waals surface area contributed by atoms with Crippen molar-refractivity contribution < 1.29 is 12.8 Å².